The number of hydrogen-bond acceptors (Lipinski definition) is 4. The smallest absolute Gasteiger partial charge is 0.315 e. The van der Waals surface area contributed by atoms with Crippen molar-refractivity contribution >= 4 is 11.9 Å². The summed E-state index contributed by atoms with van der Waals surface area (Å²) in [4.78, 5) is 23.7. The van der Waals surface area contributed by atoms with E-state index < -0.39 is 6.04 Å². The highest BCUT2D eigenvalue weighted by molar-refractivity contribution is 5.87. The topological polar surface area (TPSA) is 88.7 Å². The number of carbonyl (C=O) groups is 2. The first-order valence-corrected chi connectivity index (χ1v) is 8.22. The molecule has 0 bridgehead atoms. The number of ether oxygens (including phenoxy) is 2. The van der Waals surface area contributed by atoms with Crippen molar-refractivity contribution < 1.29 is 19.1 Å². The lowest BCUT2D eigenvalue weighted by molar-refractivity contribution is -0.122. The average Bonchev–Trinajstić information content (AvgIpc) is 2.79. The van der Waals surface area contributed by atoms with Crippen LogP contribution in [0.3, 0.4) is 0 Å². The van der Waals surface area contributed by atoms with E-state index in [2.05, 4.69) is 16.0 Å². The highest BCUT2D eigenvalue weighted by Gasteiger charge is 2.21. The largest absolute Gasteiger partial charge is 0.491 e. The van der Waals surface area contributed by atoms with Crippen LogP contribution < -0.4 is 20.7 Å². The molecule has 1 saturated heterocycles. The van der Waals surface area contributed by atoms with Crippen molar-refractivity contribution in [3.63, 3.8) is 0 Å². The van der Waals surface area contributed by atoms with Crippen molar-refractivity contribution in [3.05, 3.63) is 29.8 Å². The van der Waals surface area contributed by atoms with Gasteiger partial charge in [-0.1, -0.05) is 12.1 Å². The highest BCUT2D eigenvalue weighted by atomic mass is 16.5. The van der Waals surface area contributed by atoms with Crippen molar-refractivity contribution in [1.82, 2.24) is 16.0 Å². The summed E-state index contributed by atoms with van der Waals surface area (Å²) in [6, 6.07) is 6.69. The molecule has 2 rings (SSSR count). The van der Waals surface area contributed by atoms with E-state index in [4.69, 9.17) is 9.47 Å². The third-order valence-electron chi connectivity index (χ3n) is 3.77. The van der Waals surface area contributed by atoms with Crippen LogP contribution in [0.5, 0.6) is 5.75 Å². The molecule has 0 aliphatic carbocycles. The quantitative estimate of drug-likeness (QED) is 0.653. The standard InChI is InChI=1S/C17H25N3O4/c1-23-10-11-24-14-7-5-13(6-8-14)12-19-17(22)20-15-4-2-3-9-18-16(15)21/h5-8,15H,2-4,9-12H2,1H3,(H,18,21)(H2,19,20,22). The number of amides is 3. The fourth-order valence-electron chi connectivity index (χ4n) is 2.42. The Bertz CT molecular complexity index is 533. The number of hydrogen-bond donors (Lipinski definition) is 3. The maximum Gasteiger partial charge on any atom is 0.315 e. The second kappa shape index (κ2) is 9.77. The zero-order chi connectivity index (χ0) is 17.2. The number of urea groups is 1. The van der Waals surface area contributed by atoms with Gasteiger partial charge in [0, 0.05) is 20.2 Å². The van der Waals surface area contributed by atoms with Gasteiger partial charge in [0.05, 0.1) is 6.61 Å². The number of methoxy groups -OCH3 is 1. The van der Waals surface area contributed by atoms with Crippen LogP contribution in [0, 0.1) is 0 Å². The van der Waals surface area contributed by atoms with E-state index in [1.807, 2.05) is 24.3 Å². The van der Waals surface area contributed by atoms with Gasteiger partial charge >= 0.3 is 6.03 Å². The summed E-state index contributed by atoms with van der Waals surface area (Å²) in [7, 11) is 1.63. The monoisotopic (exact) mass is 335 g/mol. The van der Waals surface area contributed by atoms with E-state index in [1.54, 1.807) is 7.11 Å². The highest BCUT2D eigenvalue weighted by Crippen LogP contribution is 2.12. The number of rotatable bonds is 7. The molecule has 1 aliphatic rings. The van der Waals surface area contributed by atoms with Gasteiger partial charge in [-0.25, -0.2) is 4.79 Å². The Morgan fingerprint density at radius 1 is 1.25 bits per heavy atom. The summed E-state index contributed by atoms with van der Waals surface area (Å²) in [5.41, 5.74) is 0.953. The minimum absolute atomic E-state index is 0.111. The van der Waals surface area contributed by atoms with Gasteiger partial charge in [0.2, 0.25) is 5.91 Å². The molecule has 0 aromatic heterocycles. The lowest BCUT2D eigenvalue weighted by Crippen LogP contribution is -2.48. The molecule has 1 heterocycles. The first-order valence-electron chi connectivity index (χ1n) is 8.22. The fraction of sp³-hybridized carbons (Fsp3) is 0.529. The molecular formula is C17H25N3O4. The molecule has 1 atom stereocenters. The second-order valence-electron chi connectivity index (χ2n) is 5.65. The molecule has 3 N–H and O–H groups in total. The van der Waals surface area contributed by atoms with Crippen molar-refractivity contribution in [2.45, 2.75) is 31.8 Å². The van der Waals surface area contributed by atoms with Gasteiger partial charge in [0.1, 0.15) is 18.4 Å². The fourth-order valence-corrected chi connectivity index (χ4v) is 2.42. The van der Waals surface area contributed by atoms with Gasteiger partial charge in [-0.2, -0.15) is 0 Å². The summed E-state index contributed by atoms with van der Waals surface area (Å²) < 4.78 is 10.4. The lowest BCUT2D eigenvalue weighted by Gasteiger charge is -2.16. The van der Waals surface area contributed by atoms with Gasteiger partial charge in [-0.3, -0.25) is 4.79 Å². The zero-order valence-corrected chi connectivity index (χ0v) is 14.0. The van der Waals surface area contributed by atoms with E-state index in [0.717, 1.165) is 24.2 Å². The Kier molecular flexibility index (Phi) is 7.35. The Hall–Kier alpha value is -2.28. The molecule has 1 aromatic carbocycles. The van der Waals surface area contributed by atoms with Crippen molar-refractivity contribution in [2.75, 3.05) is 26.9 Å². The van der Waals surface area contributed by atoms with E-state index in [9.17, 15) is 9.59 Å². The lowest BCUT2D eigenvalue weighted by atomic mass is 10.1. The van der Waals surface area contributed by atoms with E-state index in [-0.39, 0.29) is 11.9 Å². The molecule has 1 fully saturated rings. The minimum atomic E-state index is -0.455. The van der Waals surface area contributed by atoms with Crippen LogP contribution in [0.2, 0.25) is 0 Å². The SMILES string of the molecule is COCCOc1ccc(CNC(=O)NC2CCCCNC2=O)cc1. The van der Waals surface area contributed by atoms with Crippen molar-refractivity contribution in [1.29, 1.82) is 0 Å². The molecule has 24 heavy (non-hydrogen) atoms. The molecule has 1 aliphatic heterocycles. The predicted molar refractivity (Wildman–Crippen MR) is 89.8 cm³/mol. The van der Waals surface area contributed by atoms with Crippen molar-refractivity contribution in [2.24, 2.45) is 0 Å². The molecule has 1 aromatic rings. The number of benzene rings is 1. The van der Waals surface area contributed by atoms with Crippen LogP contribution in [-0.4, -0.2) is 44.8 Å². The summed E-state index contributed by atoms with van der Waals surface area (Å²) >= 11 is 0. The van der Waals surface area contributed by atoms with Gasteiger partial charge in [-0.15, -0.1) is 0 Å². The minimum Gasteiger partial charge on any atom is -0.491 e. The van der Waals surface area contributed by atoms with Crippen molar-refractivity contribution in [3.8, 4) is 5.75 Å². The van der Waals surface area contributed by atoms with Gasteiger partial charge in [0.15, 0.2) is 0 Å². The Morgan fingerprint density at radius 2 is 2.04 bits per heavy atom. The van der Waals surface area contributed by atoms with Crippen LogP contribution >= 0.6 is 0 Å². The Morgan fingerprint density at radius 3 is 2.79 bits per heavy atom. The van der Waals surface area contributed by atoms with Gasteiger partial charge in [0.25, 0.3) is 0 Å². The van der Waals surface area contributed by atoms with Crippen LogP contribution in [0.1, 0.15) is 24.8 Å². The van der Waals surface area contributed by atoms with Crippen LogP contribution in [0.4, 0.5) is 4.79 Å². The predicted octanol–water partition coefficient (Wildman–Crippen LogP) is 1.18. The Labute approximate surface area is 142 Å². The van der Waals surface area contributed by atoms with Crippen LogP contribution in [-0.2, 0) is 16.1 Å². The molecule has 0 radical (unpaired) electrons. The van der Waals surface area contributed by atoms with Gasteiger partial charge < -0.3 is 25.4 Å². The number of nitrogens with one attached hydrogen (secondary N) is 3. The maximum atomic E-state index is 11.9. The van der Waals surface area contributed by atoms with E-state index in [1.165, 1.54) is 0 Å². The molecular weight excluding hydrogens is 310 g/mol. The summed E-state index contributed by atoms with van der Waals surface area (Å²) in [5.74, 6) is 0.649. The normalized spacial score (nSPS) is 17.5. The van der Waals surface area contributed by atoms with Crippen LogP contribution in [0.15, 0.2) is 24.3 Å². The summed E-state index contributed by atoms with van der Waals surface area (Å²) in [5, 5.41) is 8.29. The maximum absolute atomic E-state index is 11.9. The second-order valence-corrected chi connectivity index (χ2v) is 5.65. The van der Waals surface area contributed by atoms with E-state index >= 15 is 0 Å². The van der Waals surface area contributed by atoms with E-state index in [0.29, 0.717) is 32.7 Å². The molecule has 7 heteroatoms. The molecule has 0 saturated carbocycles. The van der Waals surface area contributed by atoms with Gasteiger partial charge in [-0.05, 0) is 37.0 Å². The summed E-state index contributed by atoms with van der Waals surface area (Å²) in [6.07, 6.45) is 2.55. The Balaban J connectivity index is 1.73. The third kappa shape index (κ3) is 6.08. The molecule has 3 amide bonds. The summed E-state index contributed by atoms with van der Waals surface area (Å²) in [6.45, 7) is 2.11. The average molecular weight is 335 g/mol. The number of carbonyl (C=O) groups excluding carboxylic acids is 2. The molecule has 132 valence electrons. The molecule has 0 spiro atoms. The molecule has 1 unspecified atom stereocenters. The first-order chi connectivity index (χ1) is 11.7. The third-order valence-corrected chi connectivity index (χ3v) is 3.77. The van der Waals surface area contributed by atoms with Crippen LogP contribution in [0.25, 0.3) is 0 Å². The first kappa shape index (κ1) is 18.1. The zero-order valence-electron chi connectivity index (χ0n) is 14.0. The molecule has 7 nitrogen and oxygen atoms in total.